The Morgan fingerprint density at radius 3 is 2.67 bits per heavy atom. The molecule has 0 bridgehead atoms. The maximum absolute atomic E-state index is 10.7. The second-order valence-corrected chi connectivity index (χ2v) is 8.42. The number of morpholine rings is 1. The van der Waals surface area contributed by atoms with Gasteiger partial charge in [-0.3, -0.25) is 4.21 Å². The van der Waals surface area contributed by atoms with Crippen LogP contribution in [0, 0.1) is 0 Å². The van der Waals surface area contributed by atoms with E-state index in [2.05, 4.69) is 32.1 Å². The normalized spacial score (nSPS) is 15.0. The van der Waals surface area contributed by atoms with Gasteiger partial charge in [0.2, 0.25) is 5.95 Å². The number of anilines is 3. The van der Waals surface area contributed by atoms with Crippen LogP contribution in [0.15, 0.2) is 66.9 Å². The van der Waals surface area contributed by atoms with E-state index in [1.54, 1.807) is 6.20 Å². The monoisotopic (exact) mass is 463 g/mol. The number of nitrogens with one attached hydrogen (secondary N) is 2. The maximum atomic E-state index is 10.7. The molecular weight excluding hydrogens is 440 g/mol. The van der Waals surface area contributed by atoms with E-state index in [1.807, 2.05) is 53.0 Å². The predicted molar refractivity (Wildman–Crippen MR) is 127 cm³/mol. The highest BCUT2D eigenvalue weighted by Crippen LogP contribution is 2.25. The number of benzene rings is 2. The molecule has 2 N–H and O–H groups in total. The van der Waals surface area contributed by atoms with Gasteiger partial charge in [0.25, 0.3) is 0 Å². The fourth-order valence-electron chi connectivity index (χ4n) is 3.84. The Labute approximate surface area is 193 Å². The number of hydrogen-bond acceptors (Lipinski definition) is 7. The number of ether oxygens (including phenoxy) is 1. The molecule has 9 nitrogen and oxygen atoms in total. The fourth-order valence-corrected chi connectivity index (χ4v) is 4.13. The number of fused-ring (bicyclic) bond motifs is 1. The maximum Gasteiger partial charge on any atom is 0.245 e. The van der Waals surface area contributed by atoms with Crippen LogP contribution in [-0.4, -0.2) is 49.7 Å². The summed E-state index contributed by atoms with van der Waals surface area (Å²) in [5.41, 5.74) is 5.71. The zero-order chi connectivity index (χ0) is 22.6. The minimum Gasteiger partial charge on any atom is -0.760 e. The minimum atomic E-state index is -2.28. The molecule has 3 heterocycles. The van der Waals surface area contributed by atoms with Crippen LogP contribution in [0.25, 0.3) is 16.8 Å². The lowest BCUT2D eigenvalue weighted by Crippen LogP contribution is -2.36. The van der Waals surface area contributed by atoms with Gasteiger partial charge < -0.3 is 19.5 Å². The first-order chi connectivity index (χ1) is 16.2. The molecule has 1 aliphatic rings. The van der Waals surface area contributed by atoms with Gasteiger partial charge in [0.15, 0.2) is 0 Å². The SMILES string of the molecule is O=S([O-])NCc1ccc(-c2ccc3cnc(Nc4cccc(N5CCOCC5)c4)nn23)cc1. The molecule has 33 heavy (non-hydrogen) atoms. The third kappa shape index (κ3) is 5.04. The summed E-state index contributed by atoms with van der Waals surface area (Å²) in [5, 5.41) is 8.01. The van der Waals surface area contributed by atoms with E-state index in [-0.39, 0.29) is 6.54 Å². The van der Waals surface area contributed by atoms with Gasteiger partial charge in [-0.25, -0.2) is 14.2 Å². The highest BCUT2D eigenvalue weighted by molar-refractivity contribution is 7.77. The Morgan fingerprint density at radius 1 is 1.06 bits per heavy atom. The molecule has 10 heteroatoms. The topological polar surface area (TPSA) is 107 Å². The standard InChI is InChI=1S/C23H24N6O3S/c30-33(31)25-15-17-4-6-18(7-5-17)22-9-8-21-16-24-23(27-29(21)22)26-19-2-1-3-20(14-19)28-10-12-32-13-11-28/h1-9,14,16,25H,10-13,15H2,(H,26,27)(H,30,31)/p-1. The zero-order valence-electron chi connectivity index (χ0n) is 17.8. The molecule has 0 radical (unpaired) electrons. The molecule has 2 aromatic heterocycles. The van der Waals surface area contributed by atoms with Crippen LogP contribution < -0.4 is 14.9 Å². The first-order valence-corrected chi connectivity index (χ1v) is 11.7. The molecule has 0 saturated carbocycles. The summed E-state index contributed by atoms with van der Waals surface area (Å²) >= 11 is -2.28. The Morgan fingerprint density at radius 2 is 1.88 bits per heavy atom. The molecule has 170 valence electrons. The molecule has 1 saturated heterocycles. The second kappa shape index (κ2) is 9.67. The van der Waals surface area contributed by atoms with Crippen LogP contribution in [-0.2, 0) is 22.5 Å². The molecule has 0 aliphatic carbocycles. The van der Waals surface area contributed by atoms with Crippen LogP contribution in [0.1, 0.15) is 5.56 Å². The van der Waals surface area contributed by atoms with Crippen molar-refractivity contribution in [2.24, 2.45) is 0 Å². The predicted octanol–water partition coefficient (Wildman–Crippen LogP) is 2.86. The summed E-state index contributed by atoms with van der Waals surface area (Å²) in [7, 11) is 0. The van der Waals surface area contributed by atoms with Crippen molar-refractivity contribution in [1.29, 1.82) is 0 Å². The zero-order valence-corrected chi connectivity index (χ0v) is 18.6. The van der Waals surface area contributed by atoms with Gasteiger partial charge in [-0.1, -0.05) is 30.3 Å². The summed E-state index contributed by atoms with van der Waals surface area (Å²) in [6.07, 6.45) is 1.78. The smallest absolute Gasteiger partial charge is 0.245 e. The van der Waals surface area contributed by atoms with Gasteiger partial charge >= 0.3 is 0 Å². The van der Waals surface area contributed by atoms with Crippen LogP contribution in [0.2, 0.25) is 0 Å². The van der Waals surface area contributed by atoms with Gasteiger partial charge in [0, 0.05) is 47.8 Å². The van der Waals surface area contributed by atoms with E-state index in [0.717, 1.165) is 60.0 Å². The Bertz CT molecular complexity index is 1270. The van der Waals surface area contributed by atoms with Gasteiger partial charge in [0.1, 0.15) is 0 Å². The van der Waals surface area contributed by atoms with Crippen molar-refractivity contribution in [3.63, 3.8) is 0 Å². The van der Waals surface area contributed by atoms with Gasteiger partial charge in [0.05, 0.1) is 30.6 Å². The Balaban J connectivity index is 1.37. The molecular formula is C23H23N6O3S-. The average molecular weight is 464 g/mol. The molecule has 0 amide bonds. The third-order valence-corrected chi connectivity index (χ3v) is 5.90. The highest BCUT2D eigenvalue weighted by atomic mass is 32.2. The Hall–Kier alpha value is -3.31. The molecule has 1 fully saturated rings. The van der Waals surface area contributed by atoms with E-state index in [9.17, 15) is 8.76 Å². The van der Waals surface area contributed by atoms with Crippen molar-refractivity contribution in [3.05, 3.63) is 72.4 Å². The average Bonchev–Trinajstić information content (AvgIpc) is 3.27. The molecule has 1 aliphatic heterocycles. The number of nitrogens with zero attached hydrogens (tertiary/aromatic N) is 4. The highest BCUT2D eigenvalue weighted by Gasteiger charge is 2.12. The van der Waals surface area contributed by atoms with Crippen LogP contribution in [0.4, 0.5) is 17.3 Å². The van der Waals surface area contributed by atoms with Crippen molar-refractivity contribution < 1.29 is 13.5 Å². The fraction of sp³-hybridized carbons (Fsp3) is 0.217. The van der Waals surface area contributed by atoms with Crippen molar-refractivity contribution in [3.8, 4) is 11.3 Å². The molecule has 0 spiro atoms. The lowest BCUT2D eigenvalue weighted by molar-refractivity contribution is 0.122. The van der Waals surface area contributed by atoms with Crippen LogP contribution >= 0.6 is 0 Å². The Kier molecular flexibility index (Phi) is 6.31. The van der Waals surface area contributed by atoms with E-state index in [0.29, 0.717) is 5.95 Å². The minimum absolute atomic E-state index is 0.255. The van der Waals surface area contributed by atoms with Crippen molar-refractivity contribution in [2.75, 3.05) is 36.5 Å². The van der Waals surface area contributed by atoms with Crippen molar-refractivity contribution in [1.82, 2.24) is 19.3 Å². The molecule has 5 rings (SSSR count). The summed E-state index contributed by atoms with van der Waals surface area (Å²) in [6.45, 7) is 3.49. The number of hydrogen-bond donors (Lipinski definition) is 2. The largest absolute Gasteiger partial charge is 0.760 e. The van der Waals surface area contributed by atoms with Gasteiger partial charge in [-0.15, -0.1) is 5.10 Å². The van der Waals surface area contributed by atoms with E-state index in [1.165, 1.54) is 0 Å². The van der Waals surface area contributed by atoms with Crippen LogP contribution in [0.5, 0.6) is 0 Å². The summed E-state index contributed by atoms with van der Waals surface area (Å²) in [4.78, 5) is 6.77. The van der Waals surface area contributed by atoms with E-state index >= 15 is 0 Å². The van der Waals surface area contributed by atoms with Crippen molar-refractivity contribution >= 4 is 34.1 Å². The molecule has 1 unspecified atom stereocenters. The van der Waals surface area contributed by atoms with E-state index < -0.39 is 11.3 Å². The first-order valence-electron chi connectivity index (χ1n) is 10.6. The quantitative estimate of drug-likeness (QED) is 0.406. The van der Waals surface area contributed by atoms with Crippen LogP contribution in [0.3, 0.4) is 0 Å². The summed E-state index contributed by atoms with van der Waals surface area (Å²) in [5.74, 6) is 0.498. The summed E-state index contributed by atoms with van der Waals surface area (Å²) in [6, 6.07) is 19.9. The number of rotatable bonds is 7. The van der Waals surface area contributed by atoms with Gasteiger partial charge in [-0.05, 0) is 35.9 Å². The lowest BCUT2D eigenvalue weighted by atomic mass is 10.1. The lowest BCUT2D eigenvalue weighted by Gasteiger charge is -2.29. The summed E-state index contributed by atoms with van der Waals surface area (Å²) < 4.78 is 31.1. The second-order valence-electron chi connectivity index (χ2n) is 7.66. The third-order valence-electron chi connectivity index (χ3n) is 5.52. The first kappa shape index (κ1) is 21.5. The van der Waals surface area contributed by atoms with Crippen molar-refractivity contribution in [2.45, 2.75) is 6.54 Å². The van der Waals surface area contributed by atoms with E-state index in [4.69, 9.17) is 9.84 Å². The van der Waals surface area contributed by atoms with Gasteiger partial charge in [-0.2, -0.15) is 0 Å². The molecule has 1 atom stereocenters. The number of aromatic nitrogens is 3. The molecule has 4 aromatic rings. The molecule has 2 aromatic carbocycles.